The van der Waals surface area contributed by atoms with Crippen molar-refractivity contribution in [1.29, 1.82) is 0 Å². The van der Waals surface area contributed by atoms with E-state index in [1.807, 2.05) is 11.8 Å². The van der Waals surface area contributed by atoms with E-state index in [0.29, 0.717) is 25.4 Å². The lowest BCUT2D eigenvalue weighted by Crippen LogP contribution is -2.41. The van der Waals surface area contributed by atoms with Gasteiger partial charge in [0.25, 0.3) is 0 Å². The molecule has 2 aliphatic rings. The predicted octanol–water partition coefficient (Wildman–Crippen LogP) is 1.84. The minimum Gasteiger partial charge on any atom is -0.340 e. The van der Waals surface area contributed by atoms with Crippen molar-refractivity contribution in [3.8, 4) is 0 Å². The van der Waals surface area contributed by atoms with Crippen molar-refractivity contribution in [2.75, 3.05) is 26.7 Å². The molecule has 1 heterocycles. The molecule has 0 bridgehead atoms. The van der Waals surface area contributed by atoms with Crippen LogP contribution in [0.5, 0.6) is 0 Å². The Hall–Kier alpha value is -1.59. The van der Waals surface area contributed by atoms with E-state index in [-0.39, 0.29) is 24.4 Å². The van der Waals surface area contributed by atoms with Crippen LogP contribution >= 0.6 is 0 Å². The summed E-state index contributed by atoms with van der Waals surface area (Å²) in [5.74, 6) is -0.0126. The minimum atomic E-state index is -0.253. The Labute approximate surface area is 132 Å². The zero-order valence-corrected chi connectivity index (χ0v) is 13.7. The Kier molecular flexibility index (Phi) is 5.80. The molecule has 1 saturated carbocycles. The van der Waals surface area contributed by atoms with Gasteiger partial charge in [0, 0.05) is 32.6 Å². The molecule has 22 heavy (non-hydrogen) atoms. The smallest absolute Gasteiger partial charge is 0.326 e. The lowest BCUT2D eigenvalue weighted by atomic mass is 9.94. The molecule has 1 aliphatic carbocycles. The quantitative estimate of drug-likeness (QED) is 0.703. The molecule has 4 amide bonds. The summed E-state index contributed by atoms with van der Waals surface area (Å²) in [5, 5.41) is 0. The molecule has 2 fully saturated rings. The maximum atomic E-state index is 12.4. The third-order valence-electron chi connectivity index (χ3n) is 4.68. The number of rotatable bonds is 6. The molecule has 0 aromatic heterocycles. The van der Waals surface area contributed by atoms with Gasteiger partial charge in [0.05, 0.1) is 0 Å². The summed E-state index contributed by atoms with van der Waals surface area (Å²) < 4.78 is 0. The summed E-state index contributed by atoms with van der Waals surface area (Å²) >= 11 is 0. The van der Waals surface area contributed by atoms with E-state index in [2.05, 4.69) is 0 Å². The van der Waals surface area contributed by atoms with Crippen molar-refractivity contribution in [1.82, 2.24) is 14.7 Å². The van der Waals surface area contributed by atoms with Gasteiger partial charge in [-0.1, -0.05) is 19.3 Å². The molecule has 0 N–H and O–H groups in total. The summed E-state index contributed by atoms with van der Waals surface area (Å²) in [7, 11) is 1.62. The number of nitrogens with zero attached hydrogens (tertiary/aromatic N) is 3. The summed E-state index contributed by atoms with van der Waals surface area (Å²) in [4.78, 5) is 40.5. The van der Waals surface area contributed by atoms with Gasteiger partial charge in [-0.25, -0.2) is 4.79 Å². The standard InChI is InChI=1S/C16H27N3O3/c1-3-18(13-8-5-4-6-9-13)14(20)10-7-11-19-15(21)12-17(2)16(19)22/h13H,3-12H2,1-2H3. The fourth-order valence-corrected chi connectivity index (χ4v) is 3.45. The van der Waals surface area contributed by atoms with Crippen LogP contribution in [0.1, 0.15) is 51.9 Å². The Morgan fingerprint density at radius 1 is 1.23 bits per heavy atom. The second kappa shape index (κ2) is 7.61. The molecule has 2 rings (SSSR count). The van der Waals surface area contributed by atoms with E-state index in [1.165, 1.54) is 29.1 Å². The number of amides is 4. The highest BCUT2D eigenvalue weighted by atomic mass is 16.2. The number of hydrogen-bond donors (Lipinski definition) is 0. The molecule has 1 saturated heterocycles. The van der Waals surface area contributed by atoms with E-state index in [1.54, 1.807) is 7.05 Å². The van der Waals surface area contributed by atoms with Gasteiger partial charge in [-0.05, 0) is 26.2 Å². The van der Waals surface area contributed by atoms with Crippen LogP contribution in [0.3, 0.4) is 0 Å². The summed E-state index contributed by atoms with van der Waals surface area (Å²) in [6.45, 7) is 3.26. The Balaban J connectivity index is 1.79. The first-order valence-electron chi connectivity index (χ1n) is 8.39. The first-order valence-corrected chi connectivity index (χ1v) is 8.39. The lowest BCUT2D eigenvalue weighted by molar-refractivity contribution is -0.134. The van der Waals surface area contributed by atoms with E-state index in [9.17, 15) is 14.4 Å². The first-order chi connectivity index (χ1) is 10.5. The number of carbonyl (C=O) groups is 3. The summed E-state index contributed by atoms with van der Waals surface area (Å²) in [6, 6.07) is 0.129. The van der Waals surface area contributed by atoms with E-state index in [0.717, 1.165) is 19.4 Å². The summed E-state index contributed by atoms with van der Waals surface area (Å²) in [6.07, 6.45) is 6.85. The van der Waals surface area contributed by atoms with Gasteiger partial charge in [-0.3, -0.25) is 14.5 Å². The van der Waals surface area contributed by atoms with Crippen molar-refractivity contribution < 1.29 is 14.4 Å². The fourth-order valence-electron chi connectivity index (χ4n) is 3.45. The van der Waals surface area contributed by atoms with Crippen LogP contribution in [0.15, 0.2) is 0 Å². The van der Waals surface area contributed by atoms with E-state index >= 15 is 0 Å². The third-order valence-corrected chi connectivity index (χ3v) is 4.68. The average Bonchev–Trinajstić information content (AvgIpc) is 2.75. The molecule has 6 heteroatoms. The molecular weight excluding hydrogens is 282 g/mol. The molecule has 0 aromatic carbocycles. The predicted molar refractivity (Wildman–Crippen MR) is 83.2 cm³/mol. The zero-order valence-electron chi connectivity index (χ0n) is 13.7. The first kappa shape index (κ1) is 16.8. The highest BCUT2D eigenvalue weighted by molar-refractivity contribution is 6.01. The molecule has 6 nitrogen and oxygen atoms in total. The SMILES string of the molecule is CCN(C(=O)CCCN1C(=O)CN(C)C1=O)C1CCCCC1. The second-order valence-electron chi connectivity index (χ2n) is 6.26. The lowest BCUT2D eigenvalue weighted by Gasteiger charge is -2.33. The Morgan fingerprint density at radius 2 is 1.91 bits per heavy atom. The van der Waals surface area contributed by atoms with Gasteiger partial charge in [0.15, 0.2) is 0 Å². The molecule has 0 aromatic rings. The molecule has 0 radical (unpaired) electrons. The van der Waals surface area contributed by atoms with Crippen LogP contribution in [0.2, 0.25) is 0 Å². The number of likely N-dealkylation sites (N-methyl/N-ethyl adjacent to an activating group) is 1. The van der Waals surface area contributed by atoms with Gasteiger partial charge < -0.3 is 9.80 Å². The van der Waals surface area contributed by atoms with Crippen LogP contribution in [0.25, 0.3) is 0 Å². The molecule has 0 spiro atoms. The highest BCUT2D eigenvalue weighted by Crippen LogP contribution is 2.23. The zero-order chi connectivity index (χ0) is 16.1. The van der Waals surface area contributed by atoms with Gasteiger partial charge in [-0.2, -0.15) is 0 Å². The minimum absolute atomic E-state index is 0.149. The van der Waals surface area contributed by atoms with Crippen LogP contribution < -0.4 is 0 Å². The maximum Gasteiger partial charge on any atom is 0.326 e. The average molecular weight is 309 g/mol. The van der Waals surface area contributed by atoms with E-state index in [4.69, 9.17) is 0 Å². The molecular formula is C16H27N3O3. The third kappa shape index (κ3) is 3.78. The second-order valence-corrected chi connectivity index (χ2v) is 6.26. The van der Waals surface area contributed by atoms with Crippen molar-refractivity contribution >= 4 is 17.8 Å². The summed E-state index contributed by atoms with van der Waals surface area (Å²) in [5.41, 5.74) is 0. The van der Waals surface area contributed by atoms with Gasteiger partial charge in [0.2, 0.25) is 11.8 Å². The molecule has 0 atom stereocenters. The molecule has 0 unspecified atom stereocenters. The molecule has 1 aliphatic heterocycles. The van der Waals surface area contributed by atoms with Gasteiger partial charge in [0.1, 0.15) is 6.54 Å². The Morgan fingerprint density at radius 3 is 2.45 bits per heavy atom. The van der Waals surface area contributed by atoms with Crippen molar-refractivity contribution in [2.24, 2.45) is 0 Å². The van der Waals surface area contributed by atoms with Crippen LogP contribution in [-0.4, -0.2) is 65.3 Å². The number of urea groups is 1. The van der Waals surface area contributed by atoms with Crippen LogP contribution in [0.4, 0.5) is 4.79 Å². The highest BCUT2D eigenvalue weighted by Gasteiger charge is 2.33. The van der Waals surface area contributed by atoms with Gasteiger partial charge in [-0.15, -0.1) is 0 Å². The Bertz CT molecular complexity index is 432. The maximum absolute atomic E-state index is 12.4. The fraction of sp³-hybridized carbons (Fsp3) is 0.812. The number of carbonyl (C=O) groups excluding carboxylic acids is 3. The van der Waals surface area contributed by atoms with Crippen LogP contribution in [-0.2, 0) is 9.59 Å². The van der Waals surface area contributed by atoms with Crippen molar-refractivity contribution in [3.05, 3.63) is 0 Å². The monoisotopic (exact) mass is 309 g/mol. The van der Waals surface area contributed by atoms with E-state index < -0.39 is 0 Å². The normalized spacial score (nSPS) is 19.9. The largest absolute Gasteiger partial charge is 0.340 e. The number of hydrogen-bond acceptors (Lipinski definition) is 3. The van der Waals surface area contributed by atoms with Crippen molar-refractivity contribution in [3.63, 3.8) is 0 Å². The topological polar surface area (TPSA) is 60.9 Å². The van der Waals surface area contributed by atoms with Gasteiger partial charge >= 0.3 is 6.03 Å². The number of imide groups is 1. The van der Waals surface area contributed by atoms with Crippen molar-refractivity contribution in [2.45, 2.75) is 57.9 Å². The van der Waals surface area contributed by atoms with Crippen LogP contribution in [0, 0.1) is 0 Å². The molecule has 124 valence electrons.